The molecule has 0 bridgehead atoms. The predicted octanol–water partition coefficient (Wildman–Crippen LogP) is 3.46. The van der Waals surface area contributed by atoms with Crippen molar-refractivity contribution < 1.29 is 8.78 Å². The van der Waals surface area contributed by atoms with Gasteiger partial charge in [0.1, 0.15) is 0 Å². The molecule has 5 heteroatoms. The lowest BCUT2D eigenvalue weighted by molar-refractivity contribution is -0.0467. The Labute approximate surface area is 120 Å². The zero-order chi connectivity index (χ0) is 15.2. The van der Waals surface area contributed by atoms with Crippen LogP contribution in [-0.2, 0) is 0 Å². The van der Waals surface area contributed by atoms with E-state index in [0.29, 0.717) is 24.8 Å². The van der Waals surface area contributed by atoms with Crippen LogP contribution in [0.2, 0.25) is 0 Å². The standard InChI is InChI=1S/C15H27F2N3/c1-11(2)20-12(3)14(19-10-18)5-4-13-6-8-15(16,17)9-7-13/h10-11,13-14,20H,3-9H2,1-2H3,(H2,18,19). The summed E-state index contributed by atoms with van der Waals surface area (Å²) < 4.78 is 26.2. The summed E-state index contributed by atoms with van der Waals surface area (Å²) in [5.74, 6) is -2.08. The third-order valence-corrected chi connectivity index (χ3v) is 3.83. The number of hydrogen-bond acceptors (Lipinski definition) is 2. The lowest BCUT2D eigenvalue weighted by Gasteiger charge is -2.29. The van der Waals surface area contributed by atoms with E-state index in [2.05, 4.69) is 16.9 Å². The quantitative estimate of drug-likeness (QED) is 0.556. The maximum atomic E-state index is 13.1. The minimum atomic E-state index is -2.45. The van der Waals surface area contributed by atoms with Crippen molar-refractivity contribution in [2.45, 2.75) is 70.4 Å². The van der Waals surface area contributed by atoms with Crippen molar-refractivity contribution in [1.82, 2.24) is 5.32 Å². The van der Waals surface area contributed by atoms with Gasteiger partial charge in [-0.3, -0.25) is 4.99 Å². The van der Waals surface area contributed by atoms with Crippen molar-refractivity contribution in [2.75, 3.05) is 0 Å². The van der Waals surface area contributed by atoms with E-state index in [9.17, 15) is 8.78 Å². The molecule has 0 amide bonds. The first kappa shape index (κ1) is 16.9. The highest BCUT2D eigenvalue weighted by atomic mass is 19.3. The first-order valence-electron chi connectivity index (χ1n) is 7.40. The molecule has 0 aromatic heterocycles. The maximum Gasteiger partial charge on any atom is 0.248 e. The van der Waals surface area contributed by atoms with E-state index in [1.54, 1.807) is 0 Å². The molecule has 0 saturated heterocycles. The molecule has 1 aliphatic carbocycles. The first-order valence-corrected chi connectivity index (χ1v) is 7.40. The summed E-state index contributed by atoms with van der Waals surface area (Å²) in [6.45, 7) is 8.08. The molecule has 3 nitrogen and oxygen atoms in total. The first-order chi connectivity index (χ1) is 9.34. The van der Waals surface area contributed by atoms with Gasteiger partial charge in [-0.2, -0.15) is 0 Å². The summed E-state index contributed by atoms with van der Waals surface area (Å²) in [4.78, 5) is 4.23. The van der Waals surface area contributed by atoms with Gasteiger partial charge in [-0.05, 0) is 45.4 Å². The monoisotopic (exact) mass is 287 g/mol. The Hall–Kier alpha value is -1.13. The van der Waals surface area contributed by atoms with Gasteiger partial charge in [-0.1, -0.05) is 6.58 Å². The maximum absolute atomic E-state index is 13.1. The Morgan fingerprint density at radius 1 is 1.45 bits per heavy atom. The number of nitrogens with two attached hydrogens (primary N) is 1. The summed E-state index contributed by atoms with van der Waals surface area (Å²) in [5.41, 5.74) is 6.23. The Morgan fingerprint density at radius 3 is 2.55 bits per heavy atom. The highest BCUT2D eigenvalue weighted by Crippen LogP contribution is 2.38. The summed E-state index contributed by atoms with van der Waals surface area (Å²) in [6, 6.07) is 0.233. The number of hydrogen-bond donors (Lipinski definition) is 2. The Balaban J connectivity index is 2.41. The molecular formula is C15H27F2N3. The van der Waals surface area contributed by atoms with Crippen molar-refractivity contribution in [1.29, 1.82) is 0 Å². The van der Waals surface area contributed by atoms with Crippen LogP contribution >= 0.6 is 0 Å². The van der Waals surface area contributed by atoms with Gasteiger partial charge in [0.25, 0.3) is 0 Å². The van der Waals surface area contributed by atoms with Crippen molar-refractivity contribution >= 4 is 6.34 Å². The molecule has 3 N–H and O–H groups in total. The lowest BCUT2D eigenvalue weighted by atomic mass is 9.83. The number of rotatable bonds is 7. The zero-order valence-electron chi connectivity index (χ0n) is 12.5. The number of nitrogens with one attached hydrogen (secondary N) is 1. The van der Waals surface area contributed by atoms with Gasteiger partial charge in [0.15, 0.2) is 0 Å². The van der Waals surface area contributed by atoms with Crippen LogP contribution in [0, 0.1) is 5.92 Å². The van der Waals surface area contributed by atoms with E-state index in [-0.39, 0.29) is 18.9 Å². The molecule has 1 rings (SSSR count). The van der Waals surface area contributed by atoms with E-state index < -0.39 is 5.92 Å². The predicted molar refractivity (Wildman–Crippen MR) is 80.0 cm³/mol. The minimum Gasteiger partial charge on any atom is -0.390 e. The number of alkyl halides is 2. The molecule has 0 spiro atoms. The second-order valence-electron chi connectivity index (χ2n) is 6.01. The largest absolute Gasteiger partial charge is 0.390 e. The SMILES string of the molecule is C=C(NC(C)C)C(CCC1CCC(F)(F)CC1)N=CN. The van der Waals surface area contributed by atoms with E-state index >= 15 is 0 Å². The Bertz CT molecular complexity index is 330. The van der Waals surface area contributed by atoms with Gasteiger partial charge in [0.05, 0.1) is 12.4 Å². The normalized spacial score (nSPS) is 21.2. The molecule has 1 fully saturated rings. The molecule has 1 saturated carbocycles. The smallest absolute Gasteiger partial charge is 0.248 e. The minimum absolute atomic E-state index is 0.0215. The highest BCUT2D eigenvalue weighted by Gasteiger charge is 2.34. The van der Waals surface area contributed by atoms with Gasteiger partial charge >= 0.3 is 0 Å². The van der Waals surface area contributed by atoms with Gasteiger partial charge < -0.3 is 11.1 Å². The van der Waals surface area contributed by atoms with Crippen LogP contribution in [0.15, 0.2) is 17.3 Å². The fourth-order valence-electron chi connectivity index (χ4n) is 2.69. The van der Waals surface area contributed by atoms with Gasteiger partial charge in [-0.25, -0.2) is 8.78 Å². The molecular weight excluding hydrogens is 260 g/mol. The van der Waals surface area contributed by atoms with Crippen LogP contribution in [0.25, 0.3) is 0 Å². The highest BCUT2D eigenvalue weighted by molar-refractivity contribution is 5.52. The summed E-state index contributed by atoms with van der Waals surface area (Å²) in [6.07, 6.45) is 4.26. The fraction of sp³-hybridized carbons (Fsp3) is 0.800. The van der Waals surface area contributed by atoms with E-state index in [0.717, 1.165) is 18.5 Å². The van der Waals surface area contributed by atoms with Crippen LogP contribution in [-0.4, -0.2) is 24.3 Å². The molecule has 0 aliphatic heterocycles. The topological polar surface area (TPSA) is 50.4 Å². The second-order valence-corrected chi connectivity index (χ2v) is 6.01. The zero-order valence-corrected chi connectivity index (χ0v) is 12.5. The van der Waals surface area contributed by atoms with Crippen LogP contribution in [0.5, 0.6) is 0 Å². The van der Waals surface area contributed by atoms with E-state index in [1.807, 2.05) is 13.8 Å². The third kappa shape index (κ3) is 5.88. The lowest BCUT2D eigenvalue weighted by Crippen LogP contribution is -2.29. The average molecular weight is 287 g/mol. The molecule has 0 aromatic rings. The number of halogens is 2. The Kier molecular flexibility index (Phi) is 6.43. The molecule has 20 heavy (non-hydrogen) atoms. The molecule has 0 aromatic carbocycles. The summed E-state index contributed by atoms with van der Waals surface area (Å²) >= 11 is 0. The molecule has 116 valence electrons. The van der Waals surface area contributed by atoms with Crippen molar-refractivity contribution in [3.8, 4) is 0 Å². The van der Waals surface area contributed by atoms with Crippen molar-refractivity contribution in [3.63, 3.8) is 0 Å². The van der Waals surface area contributed by atoms with Gasteiger partial charge in [0.2, 0.25) is 5.92 Å². The van der Waals surface area contributed by atoms with Crippen LogP contribution in [0.3, 0.4) is 0 Å². The number of nitrogens with zero attached hydrogens (tertiary/aromatic N) is 1. The Morgan fingerprint density at radius 2 is 2.05 bits per heavy atom. The molecule has 0 heterocycles. The van der Waals surface area contributed by atoms with Crippen LogP contribution in [0.1, 0.15) is 52.4 Å². The molecule has 1 atom stereocenters. The third-order valence-electron chi connectivity index (χ3n) is 3.83. The van der Waals surface area contributed by atoms with E-state index in [1.165, 1.54) is 6.34 Å². The van der Waals surface area contributed by atoms with Crippen LogP contribution < -0.4 is 11.1 Å². The fourth-order valence-corrected chi connectivity index (χ4v) is 2.69. The molecule has 0 radical (unpaired) electrons. The average Bonchev–Trinajstić information content (AvgIpc) is 2.35. The molecule has 1 aliphatic rings. The number of aliphatic imine (C=N–C) groups is 1. The summed E-state index contributed by atoms with van der Waals surface area (Å²) in [7, 11) is 0. The van der Waals surface area contributed by atoms with E-state index in [4.69, 9.17) is 5.73 Å². The van der Waals surface area contributed by atoms with Gasteiger partial charge in [0, 0.05) is 24.6 Å². The van der Waals surface area contributed by atoms with Gasteiger partial charge in [-0.15, -0.1) is 0 Å². The second kappa shape index (κ2) is 7.60. The van der Waals surface area contributed by atoms with Crippen molar-refractivity contribution in [2.24, 2.45) is 16.6 Å². The summed E-state index contributed by atoms with van der Waals surface area (Å²) in [5, 5.41) is 3.24. The molecule has 1 unspecified atom stereocenters. The van der Waals surface area contributed by atoms with Crippen molar-refractivity contribution in [3.05, 3.63) is 12.3 Å². The van der Waals surface area contributed by atoms with Crippen LogP contribution in [0.4, 0.5) is 8.78 Å².